The molecule has 0 aliphatic heterocycles. The van der Waals surface area contributed by atoms with Crippen LogP contribution >= 0.6 is 15.9 Å². The van der Waals surface area contributed by atoms with Gasteiger partial charge in [0.2, 0.25) is 0 Å². The summed E-state index contributed by atoms with van der Waals surface area (Å²) in [6.07, 6.45) is 2.94. The van der Waals surface area contributed by atoms with Gasteiger partial charge in [0.15, 0.2) is 0 Å². The average molecular weight is 306 g/mol. The van der Waals surface area contributed by atoms with Gasteiger partial charge >= 0.3 is 0 Å². The van der Waals surface area contributed by atoms with Crippen LogP contribution in [0.2, 0.25) is 0 Å². The number of benzene rings is 1. The molecule has 1 aromatic carbocycles. The van der Waals surface area contributed by atoms with E-state index in [0.29, 0.717) is 12.1 Å². The maximum Gasteiger partial charge on any atom is 0.253 e. The lowest BCUT2D eigenvalue weighted by Gasteiger charge is -2.11. The Balaban J connectivity index is 1.91. The van der Waals surface area contributed by atoms with E-state index in [0.717, 1.165) is 5.56 Å². The number of hydrogen-bond acceptors (Lipinski definition) is 3. The number of halogens is 1. The summed E-state index contributed by atoms with van der Waals surface area (Å²) in [7, 11) is 0. The van der Waals surface area contributed by atoms with Gasteiger partial charge in [-0.25, -0.2) is 0 Å². The maximum atomic E-state index is 11.8. The zero-order valence-corrected chi connectivity index (χ0v) is 11.2. The fourth-order valence-electron chi connectivity index (χ4n) is 1.49. The van der Waals surface area contributed by atoms with Gasteiger partial charge in [0.25, 0.3) is 5.91 Å². The van der Waals surface area contributed by atoms with Crippen molar-refractivity contribution in [3.8, 4) is 0 Å². The summed E-state index contributed by atoms with van der Waals surface area (Å²) >= 11 is 3.54. The van der Waals surface area contributed by atoms with Crippen molar-refractivity contribution < 1.29 is 4.79 Å². The lowest BCUT2D eigenvalue weighted by atomic mass is 10.1. The predicted octanol–water partition coefficient (Wildman–Crippen LogP) is 2.34. The standard InChI is InChI=1S/C13H12BrN3O/c14-12(10-4-2-1-3-5-10)9-15-13(18)11-6-7-16-17-8-11/h1-8,12H,9H2,(H,15,18). The molecule has 92 valence electrons. The van der Waals surface area contributed by atoms with Gasteiger partial charge in [-0.1, -0.05) is 46.3 Å². The number of hydrogen-bond donors (Lipinski definition) is 1. The first kappa shape index (κ1) is 12.7. The second kappa shape index (κ2) is 6.26. The van der Waals surface area contributed by atoms with Crippen LogP contribution in [0.15, 0.2) is 48.8 Å². The average Bonchev–Trinajstić information content (AvgIpc) is 2.46. The van der Waals surface area contributed by atoms with Crippen molar-refractivity contribution >= 4 is 21.8 Å². The fourth-order valence-corrected chi connectivity index (χ4v) is 1.96. The summed E-state index contributed by atoms with van der Waals surface area (Å²) in [6, 6.07) is 11.6. The normalized spacial score (nSPS) is 11.8. The number of nitrogens with zero attached hydrogens (tertiary/aromatic N) is 2. The van der Waals surface area contributed by atoms with E-state index in [1.165, 1.54) is 12.4 Å². The minimum absolute atomic E-state index is 0.0949. The van der Waals surface area contributed by atoms with Crippen LogP contribution in [0, 0.1) is 0 Å². The largest absolute Gasteiger partial charge is 0.351 e. The molecule has 0 saturated carbocycles. The molecule has 0 fully saturated rings. The minimum atomic E-state index is -0.148. The number of rotatable bonds is 4. The summed E-state index contributed by atoms with van der Waals surface area (Å²) in [5, 5.41) is 10.1. The third-order valence-electron chi connectivity index (χ3n) is 2.45. The lowest BCUT2D eigenvalue weighted by molar-refractivity contribution is 0.0953. The molecule has 1 atom stereocenters. The Morgan fingerprint density at radius 1 is 1.22 bits per heavy atom. The molecule has 2 rings (SSSR count). The van der Waals surface area contributed by atoms with Crippen LogP contribution < -0.4 is 5.32 Å². The molecule has 1 unspecified atom stereocenters. The van der Waals surface area contributed by atoms with E-state index in [4.69, 9.17) is 0 Å². The third-order valence-corrected chi connectivity index (χ3v) is 3.30. The summed E-state index contributed by atoms with van der Waals surface area (Å²) in [6.45, 7) is 0.519. The molecular formula is C13H12BrN3O. The maximum absolute atomic E-state index is 11.8. The van der Waals surface area contributed by atoms with Crippen LogP contribution in [0.4, 0.5) is 0 Å². The van der Waals surface area contributed by atoms with Crippen molar-refractivity contribution in [2.45, 2.75) is 4.83 Å². The molecule has 0 saturated heterocycles. The molecular weight excluding hydrogens is 294 g/mol. The first-order valence-electron chi connectivity index (χ1n) is 5.51. The monoisotopic (exact) mass is 305 g/mol. The second-order valence-corrected chi connectivity index (χ2v) is 4.82. The van der Waals surface area contributed by atoms with Crippen molar-refractivity contribution in [2.24, 2.45) is 0 Å². The molecule has 1 aromatic heterocycles. The number of nitrogens with one attached hydrogen (secondary N) is 1. The van der Waals surface area contributed by atoms with Gasteiger partial charge in [-0.15, -0.1) is 0 Å². The number of carbonyl (C=O) groups excluding carboxylic acids is 1. The van der Waals surface area contributed by atoms with Crippen LogP contribution in [-0.2, 0) is 0 Å². The van der Waals surface area contributed by atoms with E-state index in [9.17, 15) is 4.79 Å². The number of aromatic nitrogens is 2. The van der Waals surface area contributed by atoms with Gasteiger partial charge in [-0.2, -0.15) is 10.2 Å². The zero-order chi connectivity index (χ0) is 12.8. The molecule has 0 spiro atoms. The van der Waals surface area contributed by atoms with Crippen LogP contribution in [-0.4, -0.2) is 22.6 Å². The van der Waals surface area contributed by atoms with Crippen molar-refractivity contribution in [2.75, 3.05) is 6.54 Å². The Hall–Kier alpha value is -1.75. The summed E-state index contributed by atoms with van der Waals surface area (Å²) < 4.78 is 0. The minimum Gasteiger partial charge on any atom is -0.351 e. The third kappa shape index (κ3) is 3.37. The first-order chi connectivity index (χ1) is 8.77. The van der Waals surface area contributed by atoms with E-state index in [2.05, 4.69) is 31.4 Å². The van der Waals surface area contributed by atoms with E-state index >= 15 is 0 Å². The summed E-state index contributed by atoms with van der Waals surface area (Å²) in [5.74, 6) is -0.148. The van der Waals surface area contributed by atoms with Crippen LogP contribution in [0.25, 0.3) is 0 Å². The van der Waals surface area contributed by atoms with Crippen LogP contribution in [0.3, 0.4) is 0 Å². The molecule has 2 aromatic rings. The zero-order valence-electron chi connectivity index (χ0n) is 9.58. The van der Waals surface area contributed by atoms with Crippen molar-refractivity contribution in [1.29, 1.82) is 0 Å². The predicted molar refractivity (Wildman–Crippen MR) is 72.5 cm³/mol. The van der Waals surface area contributed by atoms with Gasteiger partial charge in [0.1, 0.15) is 0 Å². The number of alkyl halides is 1. The molecule has 1 amide bonds. The number of carbonyl (C=O) groups is 1. The van der Waals surface area contributed by atoms with Crippen LogP contribution in [0.5, 0.6) is 0 Å². The van der Waals surface area contributed by atoms with Crippen LogP contribution in [0.1, 0.15) is 20.7 Å². The molecule has 0 bridgehead atoms. The molecule has 0 aliphatic carbocycles. The molecule has 0 aliphatic rings. The molecule has 1 heterocycles. The van der Waals surface area contributed by atoms with E-state index in [1.54, 1.807) is 6.07 Å². The highest BCUT2D eigenvalue weighted by Gasteiger charge is 2.10. The molecule has 18 heavy (non-hydrogen) atoms. The Kier molecular flexibility index (Phi) is 4.41. The van der Waals surface area contributed by atoms with E-state index in [-0.39, 0.29) is 10.7 Å². The van der Waals surface area contributed by atoms with Crippen molar-refractivity contribution in [3.05, 3.63) is 59.9 Å². The highest BCUT2D eigenvalue weighted by molar-refractivity contribution is 9.09. The highest BCUT2D eigenvalue weighted by Crippen LogP contribution is 2.21. The van der Waals surface area contributed by atoms with Gasteiger partial charge < -0.3 is 5.32 Å². The van der Waals surface area contributed by atoms with E-state index < -0.39 is 0 Å². The number of amides is 1. The van der Waals surface area contributed by atoms with Gasteiger partial charge in [0.05, 0.1) is 22.8 Å². The van der Waals surface area contributed by atoms with Gasteiger partial charge in [-0.05, 0) is 11.6 Å². The Labute approximate surface area is 114 Å². The van der Waals surface area contributed by atoms with Crippen molar-refractivity contribution in [3.63, 3.8) is 0 Å². The van der Waals surface area contributed by atoms with Crippen molar-refractivity contribution in [1.82, 2.24) is 15.5 Å². The smallest absolute Gasteiger partial charge is 0.253 e. The summed E-state index contributed by atoms with van der Waals surface area (Å²) in [4.78, 5) is 11.9. The van der Waals surface area contributed by atoms with E-state index in [1.807, 2.05) is 30.3 Å². The van der Waals surface area contributed by atoms with Gasteiger partial charge in [0, 0.05) is 6.54 Å². The first-order valence-corrected chi connectivity index (χ1v) is 6.43. The quantitative estimate of drug-likeness (QED) is 0.882. The molecule has 4 nitrogen and oxygen atoms in total. The summed E-state index contributed by atoms with van der Waals surface area (Å²) in [5.41, 5.74) is 1.64. The Bertz CT molecular complexity index is 504. The van der Waals surface area contributed by atoms with Gasteiger partial charge in [-0.3, -0.25) is 4.79 Å². The molecule has 5 heteroatoms. The highest BCUT2D eigenvalue weighted by atomic mass is 79.9. The lowest BCUT2D eigenvalue weighted by Crippen LogP contribution is -2.26. The second-order valence-electron chi connectivity index (χ2n) is 3.72. The fraction of sp³-hybridized carbons (Fsp3) is 0.154. The molecule has 1 N–H and O–H groups in total. The Morgan fingerprint density at radius 2 is 2.00 bits per heavy atom. The SMILES string of the molecule is O=C(NCC(Br)c1ccccc1)c1ccnnc1. The Morgan fingerprint density at radius 3 is 2.67 bits per heavy atom. The topological polar surface area (TPSA) is 54.9 Å². The molecule has 0 radical (unpaired) electrons.